The highest BCUT2D eigenvalue weighted by Crippen LogP contribution is 2.21. The number of carbonyl (C=O) groups is 2. The zero-order valence-corrected chi connectivity index (χ0v) is 20.7. The van der Waals surface area contributed by atoms with Crippen LogP contribution in [0.5, 0.6) is 0 Å². The maximum absolute atomic E-state index is 13.4. The van der Waals surface area contributed by atoms with Gasteiger partial charge in [0.15, 0.2) is 0 Å². The molecule has 0 spiro atoms. The Morgan fingerprint density at radius 2 is 1.67 bits per heavy atom. The largest absolute Gasteiger partial charge is 0.354 e. The van der Waals surface area contributed by atoms with Gasteiger partial charge in [0, 0.05) is 18.1 Å². The van der Waals surface area contributed by atoms with Crippen molar-refractivity contribution in [2.24, 2.45) is 5.92 Å². The summed E-state index contributed by atoms with van der Waals surface area (Å²) in [6, 6.07) is 10.8. The maximum atomic E-state index is 13.4. The van der Waals surface area contributed by atoms with Crippen molar-refractivity contribution in [2.45, 2.75) is 33.4 Å². The highest BCUT2D eigenvalue weighted by Gasteiger charge is 2.30. The monoisotopic (exact) mass is 497 g/mol. The lowest BCUT2D eigenvalue weighted by molar-refractivity contribution is -0.139. The van der Waals surface area contributed by atoms with Crippen LogP contribution in [0, 0.1) is 11.7 Å². The lowest BCUT2D eigenvalue weighted by atomic mass is 10.1. The Kier molecular flexibility index (Phi) is 9.25. The molecule has 10 heteroatoms. The van der Waals surface area contributed by atoms with Crippen molar-refractivity contribution in [3.63, 3.8) is 0 Å². The minimum Gasteiger partial charge on any atom is -0.354 e. The smallest absolute Gasteiger partial charge is 0.244 e. The Labute approximate surface area is 199 Å². The van der Waals surface area contributed by atoms with Crippen LogP contribution in [0.15, 0.2) is 48.5 Å². The summed E-state index contributed by atoms with van der Waals surface area (Å²) < 4.78 is 39.1. The molecule has 7 nitrogen and oxygen atoms in total. The Morgan fingerprint density at radius 3 is 2.21 bits per heavy atom. The Morgan fingerprint density at radius 1 is 1.06 bits per heavy atom. The quantitative estimate of drug-likeness (QED) is 0.544. The molecule has 0 heterocycles. The van der Waals surface area contributed by atoms with Gasteiger partial charge in [-0.2, -0.15) is 0 Å². The van der Waals surface area contributed by atoms with Crippen LogP contribution >= 0.6 is 11.6 Å². The first-order valence-electron chi connectivity index (χ1n) is 10.4. The average Bonchev–Trinajstić information content (AvgIpc) is 2.74. The third kappa shape index (κ3) is 7.71. The van der Waals surface area contributed by atoms with Crippen LogP contribution in [0.25, 0.3) is 0 Å². The van der Waals surface area contributed by atoms with E-state index in [0.717, 1.165) is 22.7 Å². The number of hydrogen-bond donors (Lipinski definition) is 1. The predicted octanol–water partition coefficient (Wildman–Crippen LogP) is 3.43. The first kappa shape index (κ1) is 26.6. The summed E-state index contributed by atoms with van der Waals surface area (Å²) in [5.74, 6) is -1.28. The molecule has 0 aromatic heterocycles. The second-order valence-electron chi connectivity index (χ2n) is 8.17. The molecule has 2 aromatic carbocycles. The van der Waals surface area contributed by atoms with Gasteiger partial charge < -0.3 is 10.2 Å². The van der Waals surface area contributed by atoms with Gasteiger partial charge in [-0.3, -0.25) is 13.9 Å². The Hall–Kier alpha value is -2.65. The second-order valence-corrected chi connectivity index (χ2v) is 10.5. The zero-order valence-electron chi connectivity index (χ0n) is 19.1. The van der Waals surface area contributed by atoms with E-state index in [1.807, 2.05) is 13.8 Å². The number of nitrogens with one attached hydrogen (secondary N) is 1. The van der Waals surface area contributed by atoms with Gasteiger partial charge in [0.25, 0.3) is 0 Å². The minimum absolute atomic E-state index is 0.00971. The lowest BCUT2D eigenvalue weighted by Gasteiger charge is -2.31. The molecule has 0 bridgehead atoms. The summed E-state index contributed by atoms with van der Waals surface area (Å²) >= 11 is 6.27. The van der Waals surface area contributed by atoms with E-state index in [1.54, 1.807) is 31.2 Å². The molecule has 2 amide bonds. The van der Waals surface area contributed by atoms with Crippen LogP contribution in [0.4, 0.5) is 10.1 Å². The van der Waals surface area contributed by atoms with Crippen molar-refractivity contribution < 1.29 is 22.4 Å². The van der Waals surface area contributed by atoms with Crippen LogP contribution in [-0.2, 0) is 26.2 Å². The van der Waals surface area contributed by atoms with Crippen LogP contribution < -0.4 is 9.62 Å². The van der Waals surface area contributed by atoms with E-state index < -0.39 is 34.3 Å². The van der Waals surface area contributed by atoms with Gasteiger partial charge >= 0.3 is 0 Å². The van der Waals surface area contributed by atoms with Crippen molar-refractivity contribution in [3.8, 4) is 0 Å². The number of amides is 2. The molecule has 180 valence electrons. The van der Waals surface area contributed by atoms with Gasteiger partial charge in [-0.25, -0.2) is 12.8 Å². The van der Waals surface area contributed by atoms with Crippen molar-refractivity contribution in [1.29, 1.82) is 0 Å². The predicted molar refractivity (Wildman–Crippen MR) is 128 cm³/mol. The van der Waals surface area contributed by atoms with E-state index in [4.69, 9.17) is 11.6 Å². The van der Waals surface area contributed by atoms with Crippen molar-refractivity contribution in [2.75, 3.05) is 23.7 Å². The number of halogens is 2. The molecule has 0 radical (unpaired) electrons. The molecular weight excluding hydrogens is 469 g/mol. The van der Waals surface area contributed by atoms with E-state index in [0.29, 0.717) is 17.1 Å². The molecule has 1 N–H and O–H groups in total. The van der Waals surface area contributed by atoms with Crippen LogP contribution in [0.1, 0.15) is 26.3 Å². The molecular formula is C23H29ClFN3O4S. The number of hydrogen-bond acceptors (Lipinski definition) is 4. The normalized spacial score (nSPS) is 12.3. The van der Waals surface area contributed by atoms with E-state index in [2.05, 4.69) is 5.32 Å². The summed E-state index contributed by atoms with van der Waals surface area (Å²) in [5, 5.41) is 3.22. The highest BCUT2D eigenvalue weighted by molar-refractivity contribution is 7.92. The maximum Gasteiger partial charge on any atom is 0.244 e. The van der Waals surface area contributed by atoms with Crippen LogP contribution in [-0.4, -0.2) is 50.5 Å². The second kappa shape index (κ2) is 11.5. The third-order valence-electron chi connectivity index (χ3n) is 4.94. The fraction of sp³-hybridized carbons (Fsp3) is 0.391. The van der Waals surface area contributed by atoms with Crippen molar-refractivity contribution in [1.82, 2.24) is 10.2 Å². The lowest BCUT2D eigenvalue weighted by Crippen LogP contribution is -2.51. The highest BCUT2D eigenvalue weighted by atomic mass is 35.5. The molecule has 1 atom stereocenters. The molecule has 33 heavy (non-hydrogen) atoms. The fourth-order valence-electron chi connectivity index (χ4n) is 3.07. The minimum atomic E-state index is -3.87. The standard InChI is InChI=1S/C23H29ClFN3O4S/c1-16(2)13-26-23(30)17(3)27(14-18-7-5-6-8-21(18)24)22(29)15-28(33(4,31)32)20-11-9-19(25)10-12-20/h5-12,16-17H,13-15H2,1-4H3,(H,26,30). The molecule has 0 fully saturated rings. The number of anilines is 1. The van der Waals surface area contributed by atoms with Gasteiger partial charge in [0.1, 0.15) is 18.4 Å². The van der Waals surface area contributed by atoms with E-state index in [9.17, 15) is 22.4 Å². The SMILES string of the molecule is CC(C)CNC(=O)C(C)N(Cc1ccccc1Cl)C(=O)CN(c1ccc(F)cc1)S(C)(=O)=O. The van der Waals surface area contributed by atoms with Gasteiger partial charge in [-0.1, -0.05) is 43.6 Å². The summed E-state index contributed by atoms with van der Waals surface area (Å²) in [6.45, 7) is 5.36. The molecule has 2 rings (SSSR count). The van der Waals surface area contributed by atoms with Crippen molar-refractivity contribution in [3.05, 3.63) is 64.9 Å². The van der Waals surface area contributed by atoms with E-state index in [1.165, 1.54) is 17.0 Å². The van der Waals surface area contributed by atoms with Crippen molar-refractivity contribution >= 4 is 39.1 Å². The third-order valence-corrected chi connectivity index (χ3v) is 6.45. The average molecular weight is 498 g/mol. The molecule has 0 aliphatic carbocycles. The van der Waals surface area contributed by atoms with Gasteiger partial charge in [-0.15, -0.1) is 0 Å². The first-order valence-corrected chi connectivity index (χ1v) is 12.7. The summed E-state index contributed by atoms with van der Waals surface area (Å²) in [4.78, 5) is 27.4. The Balaban J connectivity index is 2.36. The first-order chi connectivity index (χ1) is 15.4. The van der Waals surface area contributed by atoms with E-state index in [-0.39, 0.29) is 24.1 Å². The number of carbonyl (C=O) groups excluding carboxylic acids is 2. The van der Waals surface area contributed by atoms with Crippen LogP contribution in [0.2, 0.25) is 5.02 Å². The topological polar surface area (TPSA) is 86.8 Å². The summed E-state index contributed by atoms with van der Waals surface area (Å²) in [6.07, 6.45) is 0.959. The molecule has 1 unspecified atom stereocenters. The number of rotatable bonds is 10. The molecule has 2 aromatic rings. The Bertz CT molecular complexity index is 1080. The van der Waals surface area contributed by atoms with Gasteiger partial charge in [0.05, 0.1) is 11.9 Å². The fourth-order valence-corrected chi connectivity index (χ4v) is 4.11. The number of benzene rings is 2. The zero-order chi connectivity index (χ0) is 24.8. The molecule has 0 aliphatic heterocycles. The summed E-state index contributed by atoms with van der Waals surface area (Å²) in [5.41, 5.74) is 0.755. The summed E-state index contributed by atoms with van der Waals surface area (Å²) in [7, 11) is -3.87. The van der Waals surface area contributed by atoms with Gasteiger partial charge in [0.2, 0.25) is 21.8 Å². The molecule has 0 saturated carbocycles. The molecule has 0 aliphatic rings. The molecule has 0 saturated heterocycles. The van der Waals surface area contributed by atoms with Crippen LogP contribution in [0.3, 0.4) is 0 Å². The number of sulfonamides is 1. The van der Waals surface area contributed by atoms with Gasteiger partial charge in [-0.05, 0) is 48.7 Å². The van der Waals surface area contributed by atoms with E-state index >= 15 is 0 Å². The number of nitrogens with zero attached hydrogens (tertiary/aromatic N) is 2.